The van der Waals surface area contributed by atoms with Crippen molar-refractivity contribution in [3.05, 3.63) is 0 Å². The van der Waals surface area contributed by atoms with E-state index in [0.717, 1.165) is 32.7 Å². The largest absolute Gasteiger partial charge is 0.392 e. The highest BCUT2D eigenvalue weighted by Gasteiger charge is 2.34. The third-order valence-corrected chi connectivity index (χ3v) is 3.16. The third kappa shape index (κ3) is 2.03. The summed E-state index contributed by atoms with van der Waals surface area (Å²) in [6.45, 7) is 4.33. The zero-order valence-corrected chi connectivity index (χ0v) is 8.11. The van der Waals surface area contributed by atoms with E-state index in [-0.39, 0.29) is 6.10 Å². The Balaban J connectivity index is 1.85. The van der Waals surface area contributed by atoms with Crippen molar-refractivity contribution in [3.63, 3.8) is 0 Å². The molecule has 0 saturated carbocycles. The Morgan fingerprint density at radius 3 is 2.69 bits per heavy atom. The summed E-state index contributed by atoms with van der Waals surface area (Å²) in [4.78, 5) is 0. The number of ether oxygens (including phenoxy) is 2. The van der Waals surface area contributed by atoms with E-state index in [1.165, 1.54) is 0 Å². The summed E-state index contributed by atoms with van der Waals surface area (Å²) < 4.78 is 10.7. The van der Waals surface area contributed by atoms with Gasteiger partial charge in [-0.05, 0) is 19.8 Å². The van der Waals surface area contributed by atoms with Crippen LogP contribution in [0.5, 0.6) is 0 Å². The quantitative estimate of drug-likeness (QED) is 0.693. The van der Waals surface area contributed by atoms with Crippen LogP contribution in [0.2, 0.25) is 0 Å². The van der Waals surface area contributed by atoms with Gasteiger partial charge in [0.1, 0.15) is 0 Å². The van der Waals surface area contributed by atoms with E-state index < -0.39 is 0 Å². The maximum atomic E-state index is 10.0. The topological polar surface area (TPSA) is 38.7 Å². The van der Waals surface area contributed by atoms with Gasteiger partial charge in [0.25, 0.3) is 0 Å². The number of aliphatic hydroxyl groups excluding tert-OH is 1. The normalized spacial score (nSPS) is 42.5. The second-order valence-corrected chi connectivity index (χ2v) is 4.25. The number of aliphatic hydroxyl groups is 1. The standard InChI is InChI=1S/C10H18O3/c1-7-4-9(6-13-7)10(11)8-2-3-12-5-8/h7-11H,2-6H2,1H3. The summed E-state index contributed by atoms with van der Waals surface area (Å²) in [5.74, 6) is 0.681. The number of rotatable bonds is 2. The molecular weight excluding hydrogens is 168 g/mol. The summed E-state index contributed by atoms with van der Waals surface area (Å²) in [6, 6.07) is 0. The van der Waals surface area contributed by atoms with Crippen LogP contribution in [0.25, 0.3) is 0 Å². The highest BCUT2D eigenvalue weighted by Crippen LogP contribution is 2.29. The Kier molecular flexibility index (Phi) is 2.86. The minimum absolute atomic E-state index is 0.215. The SMILES string of the molecule is CC1CC(C(O)C2CCOC2)CO1. The van der Waals surface area contributed by atoms with Crippen LogP contribution in [0, 0.1) is 11.8 Å². The lowest BCUT2D eigenvalue weighted by Gasteiger charge is -2.21. The van der Waals surface area contributed by atoms with Crippen LogP contribution in [-0.2, 0) is 9.47 Å². The summed E-state index contributed by atoms with van der Waals surface area (Å²) in [7, 11) is 0. The lowest BCUT2D eigenvalue weighted by Crippen LogP contribution is -2.29. The van der Waals surface area contributed by atoms with Crippen LogP contribution in [0.15, 0.2) is 0 Å². The molecule has 4 unspecified atom stereocenters. The smallest absolute Gasteiger partial charge is 0.0642 e. The Morgan fingerprint density at radius 2 is 2.15 bits per heavy atom. The summed E-state index contributed by atoms with van der Waals surface area (Å²) >= 11 is 0. The molecule has 1 N–H and O–H groups in total. The van der Waals surface area contributed by atoms with Crippen molar-refractivity contribution in [2.24, 2.45) is 11.8 Å². The van der Waals surface area contributed by atoms with Crippen LogP contribution in [0.4, 0.5) is 0 Å². The van der Waals surface area contributed by atoms with Crippen molar-refractivity contribution in [1.29, 1.82) is 0 Å². The van der Waals surface area contributed by atoms with Crippen LogP contribution < -0.4 is 0 Å². The van der Waals surface area contributed by atoms with Gasteiger partial charge in [0, 0.05) is 18.4 Å². The predicted molar refractivity (Wildman–Crippen MR) is 48.5 cm³/mol. The molecule has 4 atom stereocenters. The van der Waals surface area contributed by atoms with Gasteiger partial charge >= 0.3 is 0 Å². The van der Waals surface area contributed by atoms with Crippen molar-refractivity contribution in [2.75, 3.05) is 19.8 Å². The molecule has 2 fully saturated rings. The Hall–Kier alpha value is -0.120. The molecule has 2 aliphatic rings. The molecule has 0 aromatic heterocycles. The lowest BCUT2D eigenvalue weighted by molar-refractivity contribution is 0.0349. The molecule has 0 bridgehead atoms. The van der Waals surface area contributed by atoms with Crippen molar-refractivity contribution in [3.8, 4) is 0 Å². The van der Waals surface area contributed by atoms with Gasteiger partial charge in [-0.25, -0.2) is 0 Å². The molecule has 2 heterocycles. The first kappa shape index (κ1) is 9.44. The fraction of sp³-hybridized carbons (Fsp3) is 1.00. The van der Waals surface area contributed by atoms with Gasteiger partial charge in [0.2, 0.25) is 0 Å². The molecule has 2 aliphatic heterocycles. The van der Waals surface area contributed by atoms with E-state index in [2.05, 4.69) is 6.92 Å². The molecule has 2 saturated heterocycles. The molecular formula is C10H18O3. The first-order valence-corrected chi connectivity index (χ1v) is 5.15. The van der Waals surface area contributed by atoms with Gasteiger partial charge in [-0.1, -0.05) is 0 Å². The van der Waals surface area contributed by atoms with E-state index in [1.54, 1.807) is 0 Å². The minimum Gasteiger partial charge on any atom is -0.392 e. The first-order chi connectivity index (χ1) is 6.27. The molecule has 0 aromatic carbocycles. The Labute approximate surface area is 79.0 Å². The van der Waals surface area contributed by atoms with Crippen molar-refractivity contribution >= 4 is 0 Å². The van der Waals surface area contributed by atoms with E-state index in [0.29, 0.717) is 17.9 Å². The Morgan fingerprint density at radius 1 is 1.31 bits per heavy atom. The maximum absolute atomic E-state index is 10.0. The maximum Gasteiger partial charge on any atom is 0.0642 e. The molecule has 3 heteroatoms. The fourth-order valence-electron chi connectivity index (χ4n) is 2.30. The Bertz CT molecular complexity index is 166. The predicted octanol–water partition coefficient (Wildman–Crippen LogP) is 0.809. The lowest BCUT2D eigenvalue weighted by atomic mass is 9.89. The van der Waals surface area contributed by atoms with E-state index in [1.807, 2.05) is 0 Å². The monoisotopic (exact) mass is 186 g/mol. The molecule has 76 valence electrons. The van der Waals surface area contributed by atoms with Gasteiger partial charge in [-0.3, -0.25) is 0 Å². The van der Waals surface area contributed by atoms with Crippen molar-refractivity contribution in [1.82, 2.24) is 0 Å². The summed E-state index contributed by atoms with van der Waals surface area (Å²) in [5.41, 5.74) is 0. The van der Waals surface area contributed by atoms with E-state index in [9.17, 15) is 5.11 Å². The second-order valence-electron chi connectivity index (χ2n) is 4.25. The minimum atomic E-state index is -0.215. The van der Waals surface area contributed by atoms with Gasteiger partial charge in [0.15, 0.2) is 0 Å². The fourth-order valence-corrected chi connectivity index (χ4v) is 2.30. The van der Waals surface area contributed by atoms with E-state index in [4.69, 9.17) is 9.47 Å². The third-order valence-electron chi connectivity index (χ3n) is 3.16. The molecule has 3 nitrogen and oxygen atoms in total. The molecule has 0 spiro atoms. The second kappa shape index (κ2) is 3.95. The van der Waals surface area contributed by atoms with Crippen LogP contribution in [0.1, 0.15) is 19.8 Å². The molecule has 13 heavy (non-hydrogen) atoms. The average Bonchev–Trinajstić information content (AvgIpc) is 2.72. The van der Waals surface area contributed by atoms with Crippen molar-refractivity contribution < 1.29 is 14.6 Å². The number of hydrogen-bond donors (Lipinski definition) is 1. The van der Waals surface area contributed by atoms with Crippen molar-refractivity contribution in [2.45, 2.75) is 32.0 Å². The van der Waals surface area contributed by atoms with Crippen LogP contribution in [-0.4, -0.2) is 37.1 Å². The zero-order valence-electron chi connectivity index (χ0n) is 8.11. The average molecular weight is 186 g/mol. The van der Waals surface area contributed by atoms with Gasteiger partial charge in [-0.15, -0.1) is 0 Å². The highest BCUT2D eigenvalue weighted by atomic mass is 16.5. The molecule has 0 radical (unpaired) electrons. The van der Waals surface area contributed by atoms with E-state index >= 15 is 0 Å². The number of hydrogen-bond acceptors (Lipinski definition) is 3. The highest BCUT2D eigenvalue weighted by molar-refractivity contribution is 4.83. The van der Waals surface area contributed by atoms with Crippen LogP contribution in [0.3, 0.4) is 0 Å². The van der Waals surface area contributed by atoms with Gasteiger partial charge in [0.05, 0.1) is 25.4 Å². The van der Waals surface area contributed by atoms with Gasteiger partial charge in [-0.2, -0.15) is 0 Å². The molecule has 2 rings (SSSR count). The molecule has 0 amide bonds. The molecule has 0 aromatic rings. The first-order valence-electron chi connectivity index (χ1n) is 5.15. The molecule has 0 aliphatic carbocycles. The zero-order chi connectivity index (χ0) is 9.26. The summed E-state index contributed by atoms with van der Waals surface area (Å²) in [5, 5.41) is 10.0. The van der Waals surface area contributed by atoms with Gasteiger partial charge < -0.3 is 14.6 Å². The summed E-state index contributed by atoms with van der Waals surface area (Å²) in [6.07, 6.45) is 2.11. The van der Waals surface area contributed by atoms with Crippen LogP contribution >= 0.6 is 0 Å².